The number of rotatable bonds is 7. The first-order chi connectivity index (χ1) is 14.5. The van der Waals surface area contributed by atoms with Crippen molar-refractivity contribution in [1.29, 1.82) is 0 Å². The van der Waals surface area contributed by atoms with Crippen molar-refractivity contribution in [2.45, 2.75) is 18.9 Å². The number of nitrogens with zero attached hydrogens (tertiary/aromatic N) is 2. The second-order valence-electron chi connectivity index (χ2n) is 7.18. The molecule has 1 amide bonds. The van der Waals surface area contributed by atoms with Crippen LogP contribution < -0.4 is 20.9 Å². The van der Waals surface area contributed by atoms with Crippen molar-refractivity contribution < 1.29 is 13.6 Å². The average molecular weight is 415 g/mol. The lowest BCUT2D eigenvalue weighted by Gasteiger charge is -2.21. The summed E-state index contributed by atoms with van der Waals surface area (Å²) in [7, 11) is 1.63. The third-order valence-corrected chi connectivity index (χ3v) is 5.00. The van der Waals surface area contributed by atoms with Crippen LogP contribution in [0.5, 0.6) is 0 Å². The summed E-state index contributed by atoms with van der Waals surface area (Å²) < 4.78 is 27.1. The minimum Gasteiger partial charge on any atom is -0.367 e. The van der Waals surface area contributed by atoms with Crippen LogP contribution in [0.4, 0.5) is 14.5 Å². The maximum atomic E-state index is 14.0. The van der Waals surface area contributed by atoms with Gasteiger partial charge in [0.25, 0.3) is 0 Å². The smallest absolute Gasteiger partial charge is 0.239 e. The third kappa shape index (κ3) is 6.17. The lowest BCUT2D eigenvalue weighted by molar-refractivity contribution is -0.119. The van der Waals surface area contributed by atoms with Gasteiger partial charge in [-0.3, -0.25) is 9.79 Å². The van der Waals surface area contributed by atoms with Gasteiger partial charge in [0.1, 0.15) is 11.6 Å². The van der Waals surface area contributed by atoms with E-state index in [2.05, 4.69) is 20.9 Å². The maximum absolute atomic E-state index is 14.0. The Kier molecular flexibility index (Phi) is 7.59. The molecular weight excluding hydrogens is 388 g/mol. The van der Waals surface area contributed by atoms with Gasteiger partial charge in [-0.05, 0) is 30.5 Å². The molecule has 2 aromatic rings. The van der Waals surface area contributed by atoms with E-state index in [9.17, 15) is 13.6 Å². The summed E-state index contributed by atoms with van der Waals surface area (Å²) >= 11 is 0. The Bertz CT molecular complexity index is 875. The van der Waals surface area contributed by atoms with E-state index < -0.39 is 11.6 Å². The third-order valence-electron chi connectivity index (χ3n) is 5.00. The van der Waals surface area contributed by atoms with Gasteiger partial charge in [-0.1, -0.05) is 30.3 Å². The molecule has 0 spiro atoms. The van der Waals surface area contributed by atoms with Crippen molar-refractivity contribution in [1.82, 2.24) is 16.0 Å². The molecule has 30 heavy (non-hydrogen) atoms. The van der Waals surface area contributed by atoms with E-state index in [1.807, 2.05) is 35.2 Å². The van der Waals surface area contributed by atoms with Crippen LogP contribution >= 0.6 is 0 Å². The Hall–Kier alpha value is -3.16. The summed E-state index contributed by atoms with van der Waals surface area (Å²) in [5.41, 5.74) is 1.56. The minimum absolute atomic E-state index is 0.0433. The Morgan fingerprint density at radius 3 is 2.70 bits per heavy atom. The number of carbonyl (C=O) groups is 1. The Morgan fingerprint density at radius 1 is 1.17 bits per heavy atom. The topological polar surface area (TPSA) is 68.8 Å². The number of benzene rings is 2. The fourth-order valence-corrected chi connectivity index (χ4v) is 3.44. The molecule has 3 rings (SSSR count). The zero-order valence-electron chi connectivity index (χ0n) is 17.0. The molecule has 160 valence electrons. The molecule has 3 N–H and O–H groups in total. The predicted octanol–water partition coefficient (Wildman–Crippen LogP) is 2.07. The van der Waals surface area contributed by atoms with Crippen molar-refractivity contribution in [3.05, 3.63) is 65.7 Å². The number of nitrogens with one attached hydrogen (secondary N) is 3. The first kappa shape index (κ1) is 21.5. The number of carbonyl (C=O) groups excluding carboxylic acids is 1. The number of guanidine groups is 1. The normalized spacial score (nSPS) is 16.4. The highest BCUT2D eigenvalue weighted by atomic mass is 19.1. The molecule has 2 aromatic carbocycles. The van der Waals surface area contributed by atoms with E-state index in [4.69, 9.17) is 0 Å². The molecule has 1 heterocycles. The Labute approximate surface area is 175 Å². The fraction of sp³-hybridized carbons (Fsp3) is 0.364. The Morgan fingerprint density at radius 2 is 1.97 bits per heavy atom. The van der Waals surface area contributed by atoms with E-state index >= 15 is 0 Å². The fourth-order valence-electron chi connectivity index (χ4n) is 3.44. The first-order valence-electron chi connectivity index (χ1n) is 10.0. The molecular formula is C22H27F2N5O. The van der Waals surface area contributed by atoms with Gasteiger partial charge in [0, 0.05) is 38.8 Å². The lowest BCUT2D eigenvalue weighted by Crippen LogP contribution is -2.47. The average Bonchev–Trinajstić information content (AvgIpc) is 3.20. The standard InChI is InChI=1S/C22H27F2N5O/c1-25-22(27-14-21(30)26-11-9-16-5-3-2-4-6-16)28-18-10-12-29(15-18)20-8-7-17(23)13-19(20)24/h2-8,13,18H,9-12,14-15H2,1H3,(H,26,30)(H2,25,27,28). The van der Waals surface area contributed by atoms with E-state index in [0.717, 1.165) is 18.9 Å². The van der Waals surface area contributed by atoms with Gasteiger partial charge in [0.15, 0.2) is 5.96 Å². The maximum Gasteiger partial charge on any atom is 0.239 e. The van der Waals surface area contributed by atoms with Crippen molar-refractivity contribution in [3.8, 4) is 0 Å². The van der Waals surface area contributed by atoms with Gasteiger partial charge < -0.3 is 20.9 Å². The first-order valence-corrected chi connectivity index (χ1v) is 10.0. The van der Waals surface area contributed by atoms with Crippen LogP contribution in [-0.4, -0.2) is 51.1 Å². The molecule has 0 radical (unpaired) electrons. The quantitative estimate of drug-likeness (QED) is 0.478. The molecule has 1 unspecified atom stereocenters. The van der Waals surface area contributed by atoms with Crippen LogP contribution in [0.2, 0.25) is 0 Å². The number of halogens is 2. The minimum atomic E-state index is -0.586. The molecule has 6 nitrogen and oxygen atoms in total. The molecule has 0 saturated carbocycles. The van der Waals surface area contributed by atoms with Crippen molar-refractivity contribution in [2.24, 2.45) is 4.99 Å². The van der Waals surface area contributed by atoms with E-state index in [0.29, 0.717) is 31.3 Å². The molecule has 1 aliphatic rings. The molecule has 0 bridgehead atoms. The van der Waals surface area contributed by atoms with Gasteiger partial charge in [0.05, 0.1) is 12.2 Å². The largest absolute Gasteiger partial charge is 0.367 e. The van der Waals surface area contributed by atoms with Gasteiger partial charge in [0.2, 0.25) is 5.91 Å². The zero-order valence-corrected chi connectivity index (χ0v) is 17.0. The Balaban J connectivity index is 1.39. The van der Waals surface area contributed by atoms with Crippen LogP contribution in [0.1, 0.15) is 12.0 Å². The second-order valence-corrected chi connectivity index (χ2v) is 7.18. The predicted molar refractivity (Wildman–Crippen MR) is 115 cm³/mol. The van der Waals surface area contributed by atoms with Crippen LogP contribution in [0.3, 0.4) is 0 Å². The summed E-state index contributed by atoms with van der Waals surface area (Å²) in [6.45, 7) is 1.89. The molecule has 0 aromatic heterocycles. The summed E-state index contributed by atoms with van der Waals surface area (Å²) in [5, 5.41) is 9.14. The highest BCUT2D eigenvalue weighted by Crippen LogP contribution is 2.24. The number of aliphatic imine (C=N–C) groups is 1. The van der Waals surface area contributed by atoms with Gasteiger partial charge >= 0.3 is 0 Å². The number of hydrogen-bond donors (Lipinski definition) is 3. The monoisotopic (exact) mass is 415 g/mol. The highest BCUT2D eigenvalue weighted by Gasteiger charge is 2.25. The van der Waals surface area contributed by atoms with Gasteiger partial charge in [-0.2, -0.15) is 0 Å². The van der Waals surface area contributed by atoms with Crippen LogP contribution in [-0.2, 0) is 11.2 Å². The summed E-state index contributed by atoms with van der Waals surface area (Å²) in [5.74, 6) is -0.753. The molecule has 1 atom stereocenters. The number of hydrogen-bond acceptors (Lipinski definition) is 3. The van der Waals surface area contributed by atoms with Gasteiger partial charge in [-0.15, -0.1) is 0 Å². The van der Waals surface area contributed by atoms with Crippen molar-refractivity contribution in [3.63, 3.8) is 0 Å². The highest BCUT2D eigenvalue weighted by molar-refractivity contribution is 5.86. The summed E-state index contributed by atoms with van der Waals surface area (Å²) in [4.78, 5) is 18.1. The van der Waals surface area contributed by atoms with Crippen molar-refractivity contribution in [2.75, 3.05) is 38.1 Å². The molecule has 8 heteroatoms. The van der Waals surface area contributed by atoms with Crippen LogP contribution in [0.25, 0.3) is 0 Å². The second kappa shape index (κ2) is 10.6. The number of anilines is 1. The number of amides is 1. The van der Waals surface area contributed by atoms with E-state index in [-0.39, 0.29) is 18.5 Å². The van der Waals surface area contributed by atoms with Crippen LogP contribution in [0, 0.1) is 11.6 Å². The SMILES string of the molecule is CN=C(NCC(=O)NCCc1ccccc1)NC1CCN(c2ccc(F)cc2F)C1. The summed E-state index contributed by atoms with van der Waals surface area (Å²) in [6, 6.07) is 13.6. The van der Waals surface area contributed by atoms with Crippen molar-refractivity contribution >= 4 is 17.6 Å². The van der Waals surface area contributed by atoms with E-state index in [1.165, 1.54) is 17.7 Å². The summed E-state index contributed by atoms with van der Waals surface area (Å²) in [6.07, 6.45) is 1.55. The van der Waals surface area contributed by atoms with Gasteiger partial charge in [-0.25, -0.2) is 8.78 Å². The van der Waals surface area contributed by atoms with E-state index in [1.54, 1.807) is 7.05 Å². The van der Waals surface area contributed by atoms with Crippen LogP contribution in [0.15, 0.2) is 53.5 Å². The molecule has 0 aliphatic carbocycles. The molecule has 1 fully saturated rings. The molecule has 1 saturated heterocycles. The molecule has 1 aliphatic heterocycles. The lowest BCUT2D eigenvalue weighted by atomic mass is 10.1. The zero-order chi connectivity index (χ0) is 21.3.